The summed E-state index contributed by atoms with van der Waals surface area (Å²) in [6.07, 6.45) is 2.03. The van der Waals surface area contributed by atoms with Crippen LogP contribution in [0, 0.1) is 0 Å². The third-order valence-electron chi connectivity index (χ3n) is 2.51. The molecule has 18 heavy (non-hydrogen) atoms. The second kappa shape index (κ2) is 6.17. The zero-order valence-electron chi connectivity index (χ0n) is 11.0. The maximum Gasteiger partial charge on any atom is 0.245 e. The van der Waals surface area contributed by atoms with Crippen molar-refractivity contribution in [2.24, 2.45) is 0 Å². The van der Waals surface area contributed by atoms with Crippen molar-refractivity contribution in [1.82, 2.24) is 19.4 Å². The maximum absolute atomic E-state index is 12.0. The number of aryl methyl sites for hydroxylation is 1. The van der Waals surface area contributed by atoms with E-state index in [4.69, 9.17) is 5.73 Å². The Morgan fingerprint density at radius 3 is 2.67 bits per heavy atom. The van der Waals surface area contributed by atoms with Crippen LogP contribution in [0.4, 0.5) is 5.82 Å². The Bertz CT molecular complexity index is 480. The molecule has 0 aromatic carbocycles. The summed E-state index contributed by atoms with van der Waals surface area (Å²) in [5, 5.41) is 3.92. The highest BCUT2D eigenvalue weighted by Gasteiger charge is 2.20. The number of anilines is 1. The van der Waals surface area contributed by atoms with Crippen LogP contribution in [0.5, 0.6) is 0 Å². The monoisotopic (exact) mass is 275 g/mol. The summed E-state index contributed by atoms with van der Waals surface area (Å²) in [5.74, 6) is 0.178. The van der Waals surface area contributed by atoms with E-state index in [0.29, 0.717) is 13.1 Å². The molecule has 1 rings (SSSR count). The Morgan fingerprint density at radius 2 is 2.17 bits per heavy atom. The molecule has 0 atom stereocenters. The van der Waals surface area contributed by atoms with E-state index in [1.807, 2.05) is 25.9 Å². The van der Waals surface area contributed by atoms with Crippen LogP contribution in [0.3, 0.4) is 0 Å². The van der Waals surface area contributed by atoms with Gasteiger partial charge in [0.05, 0.1) is 6.20 Å². The van der Waals surface area contributed by atoms with E-state index in [0.717, 1.165) is 13.0 Å². The van der Waals surface area contributed by atoms with E-state index in [1.165, 1.54) is 10.9 Å². The number of hydrogen-bond acceptors (Lipinski definition) is 5. The number of rotatable bonds is 7. The average Bonchev–Trinajstić information content (AvgIpc) is 2.66. The predicted octanol–water partition coefficient (Wildman–Crippen LogP) is -0.285. The summed E-state index contributed by atoms with van der Waals surface area (Å²) >= 11 is 0. The zero-order valence-corrected chi connectivity index (χ0v) is 11.9. The minimum absolute atomic E-state index is 0.0502. The number of hydrogen-bond donors (Lipinski definition) is 2. The Hall–Kier alpha value is -1.12. The normalized spacial score (nSPS) is 12.2. The van der Waals surface area contributed by atoms with Crippen molar-refractivity contribution in [3.05, 3.63) is 6.20 Å². The molecule has 0 saturated carbocycles. The van der Waals surface area contributed by atoms with Crippen LogP contribution in [-0.2, 0) is 16.6 Å². The second-order valence-corrected chi connectivity index (χ2v) is 6.00. The van der Waals surface area contributed by atoms with Gasteiger partial charge in [-0.15, -0.1) is 0 Å². The Kier molecular flexibility index (Phi) is 5.12. The minimum atomic E-state index is -3.56. The third kappa shape index (κ3) is 3.69. The van der Waals surface area contributed by atoms with Crippen LogP contribution < -0.4 is 10.5 Å². The van der Waals surface area contributed by atoms with Gasteiger partial charge in [0.2, 0.25) is 10.0 Å². The second-order valence-electron chi connectivity index (χ2n) is 4.26. The molecule has 7 nitrogen and oxygen atoms in total. The van der Waals surface area contributed by atoms with E-state index in [-0.39, 0.29) is 10.7 Å². The van der Waals surface area contributed by atoms with Crippen LogP contribution in [0.15, 0.2) is 11.1 Å². The minimum Gasteiger partial charge on any atom is -0.383 e. The molecule has 0 fully saturated rings. The van der Waals surface area contributed by atoms with Gasteiger partial charge in [-0.2, -0.15) is 5.10 Å². The largest absolute Gasteiger partial charge is 0.383 e. The van der Waals surface area contributed by atoms with Crippen molar-refractivity contribution in [2.75, 3.05) is 32.9 Å². The van der Waals surface area contributed by atoms with Gasteiger partial charge in [0.1, 0.15) is 10.7 Å². The molecule has 0 aliphatic carbocycles. The molecule has 1 heterocycles. The third-order valence-corrected chi connectivity index (χ3v) is 3.99. The van der Waals surface area contributed by atoms with Gasteiger partial charge in [-0.1, -0.05) is 0 Å². The van der Waals surface area contributed by atoms with E-state index < -0.39 is 10.0 Å². The lowest BCUT2D eigenvalue weighted by Crippen LogP contribution is -2.27. The van der Waals surface area contributed by atoms with Gasteiger partial charge < -0.3 is 10.6 Å². The molecular formula is C10H21N5O2S. The molecule has 3 N–H and O–H groups in total. The quantitative estimate of drug-likeness (QED) is 0.667. The molecular weight excluding hydrogens is 254 g/mol. The van der Waals surface area contributed by atoms with Crippen molar-refractivity contribution in [3.63, 3.8) is 0 Å². The van der Waals surface area contributed by atoms with Gasteiger partial charge in [-0.05, 0) is 34.0 Å². The number of nitrogens with two attached hydrogens (primary N) is 1. The van der Waals surface area contributed by atoms with Gasteiger partial charge in [-0.3, -0.25) is 0 Å². The van der Waals surface area contributed by atoms with Gasteiger partial charge >= 0.3 is 0 Å². The van der Waals surface area contributed by atoms with Gasteiger partial charge in [0.25, 0.3) is 0 Å². The van der Waals surface area contributed by atoms with Gasteiger partial charge in [0, 0.05) is 13.1 Å². The van der Waals surface area contributed by atoms with Crippen LogP contribution in [-0.4, -0.2) is 50.3 Å². The first-order chi connectivity index (χ1) is 8.38. The molecule has 0 aliphatic heterocycles. The summed E-state index contributed by atoms with van der Waals surface area (Å²) in [6.45, 7) is 3.61. The first-order valence-corrected chi connectivity index (χ1v) is 7.32. The Morgan fingerprint density at radius 1 is 1.50 bits per heavy atom. The molecule has 0 spiro atoms. The molecule has 1 aromatic rings. The van der Waals surface area contributed by atoms with Crippen LogP contribution in [0.25, 0.3) is 0 Å². The van der Waals surface area contributed by atoms with E-state index >= 15 is 0 Å². The first kappa shape index (κ1) is 14.9. The lowest BCUT2D eigenvalue weighted by atomic mass is 10.4. The highest BCUT2D eigenvalue weighted by atomic mass is 32.2. The first-order valence-electron chi connectivity index (χ1n) is 5.84. The van der Waals surface area contributed by atoms with Crippen molar-refractivity contribution in [1.29, 1.82) is 0 Å². The van der Waals surface area contributed by atoms with Crippen molar-refractivity contribution in [2.45, 2.75) is 24.8 Å². The molecule has 0 amide bonds. The fourth-order valence-corrected chi connectivity index (χ4v) is 2.65. The number of aromatic nitrogens is 2. The fraction of sp³-hybridized carbons (Fsp3) is 0.700. The number of nitrogens with zero attached hydrogens (tertiary/aromatic N) is 3. The lowest BCUT2D eigenvalue weighted by molar-refractivity contribution is 0.400. The number of nitrogens with one attached hydrogen (secondary N) is 1. The molecule has 1 aromatic heterocycles. The molecule has 0 saturated heterocycles. The summed E-state index contributed by atoms with van der Waals surface area (Å²) in [4.78, 5) is 2.05. The van der Waals surface area contributed by atoms with Crippen LogP contribution in [0.1, 0.15) is 13.3 Å². The summed E-state index contributed by atoms with van der Waals surface area (Å²) in [7, 11) is 0.329. The number of nitrogen functional groups attached to an aromatic ring is 1. The molecule has 104 valence electrons. The molecule has 0 unspecified atom stereocenters. The van der Waals surface area contributed by atoms with Crippen molar-refractivity contribution < 1.29 is 8.42 Å². The van der Waals surface area contributed by atoms with Crippen LogP contribution >= 0.6 is 0 Å². The standard InChI is InChI=1S/C10H21N5O2S/c1-4-15-10(11)9(8-12-15)18(16,17)13-6-5-7-14(2)3/h8,13H,4-7,11H2,1-3H3. The van der Waals surface area contributed by atoms with Gasteiger partial charge in [-0.25, -0.2) is 17.8 Å². The summed E-state index contributed by atoms with van der Waals surface area (Å²) in [6, 6.07) is 0. The maximum atomic E-state index is 12.0. The zero-order chi connectivity index (χ0) is 13.8. The lowest BCUT2D eigenvalue weighted by Gasteiger charge is -2.10. The van der Waals surface area contributed by atoms with E-state index in [9.17, 15) is 8.42 Å². The highest BCUT2D eigenvalue weighted by molar-refractivity contribution is 7.89. The smallest absolute Gasteiger partial charge is 0.245 e. The number of sulfonamides is 1. The fourth-order valence-electron chi connectivity index (χ4n) is 1.52. The molecule has 0 radical (unpaired) electrons. The van der Waals surface area contributed by atoms with E-state index in [1.54, 1.807) is 0 Å². The topological polar surface area (TPSA) is 93.2 Å². The molecule has 8 heteroatoms. The van der Waals surface area contributed by atoms with E-state index in [2.05, 4.69) is 9.82 Å². The van der Waals surface area contributed by atoms with Gasteiger partial charge in [0.15, 0.2) is 0 Å². The Balaban J connectivity index is 2.66. The molecule has 0 bridgehead atoms. The van der Waals surface area contributed by atoms with Crippen LogP contribution in [0.2, 0.25) is 0 Å². The van der Waals surface area contributed by atoms with Crippen molar-refractivity contribution >= 4 is 15.8 Å². The Labute approximate surface area is 108 Å². The SMILES string of the molecule is CCn1ncc(S(=O)(=O)NCCCN(C)C)c1N. The summed E-state index contributed by atoms with van der Waals surface area (Å²) in [5.41, 5.74) is 5.73. The highest BCUT2D eigenvalue weighted by Crippen LogP contribution is 2.16. The van der Waals surface area contributed by atoms with Crippen molar-refractivity contribution in [3.8, 4) is 0 Å². The predicted molar refractivity (Wildman–Crippen MR) is 70.7 cm³/mol. The average molecular weight is 275 g/mol. The molecule has 0 aliphatic rings. The summed E-state index contributed by atoms with van der Waals surface area (Å²) < 4.78 is 27.9.